The molecule has 0 radical (unpaired) electrons. The summed E-state index contributed by atoms with van der Waals surface area (Å²) < 4.78 is 11.4. The van der Waals surface area contributed by atoms with E-state index in [-0.39, 0.29) is 18.1 Å². The third-order valence-corrected chi connectivity index (χ3v) is 7.10. The lowest BCUT2D eigenvalue weighted by atomic mass is 9.87. The van der Waals surface area contributed by atoms with Gasteiger partial charge in [0.2, 0.25) is 0 Å². The number of carbonyl (C=O) groups is 1. The van der Waals surface area contributed by atoms with Gasteiger partial charge in [-0.05, 0) is 101 Å². The van der Waals surface area contributed by atoms with Crippen molar-refractivity contribution in [3.8, 4) is 5.75 Å². The molecule has 1 heterocycles. The Hall–Kier alpha value is -2.37. The third kappa shape index (κ3) is 6.39. The van der Waals surface area contributed by atoms with E-state index in [2.05, 4.69) is 56.1 Å². The molecule has 2 aromatic carbocycles. The van der Waals surface area contributed by atoms with Crippen LogP contribution >= 0.6 is 0 Å². The number of carbonyl (C=O) groups excluding carboxylic acids is 1. The Kier molecular flexibility index (Phi) is 8.28. The van der Waals surface area contributed by atoms with Crippen LogP contribution in [-0.2, 0) is 24.1 Å². The van der Waals surface area contributed by atoms with Crippen molar-refractivity contribution in [3.05, 3.63) is 64.7 Å². The highest BCUT2D eigenvalue weighted by atomic mass is 16.5. The van der Waals surface area contributed by atoms with Crippen LogP contribution < -0.4 is 10.1 Å². The average Bonchev–Trinajstić information content (AvgIpc) is 3.35. The highest BCUT2D eigenvalue weighted by Gasteiger charge is 2.22. The summed E-state index contributed by atoms with van der Waals surface area (Å²) in [5.41, 5.74) is 4.85. The number of benzene rings is 2. The van der Waals surface area contributed by atoms with Gasteiger partial charge in [0.1, 0.15) is 12.4 Å². The first kappa shape index (κ1) is 24.7. The van der Waals surface area contributed by atoms with E-state index in [4.69, 9.17) is 9.47 Å². The topological polar surface area (TPSA) is 50.8 Å². The summed E-state index contributed by atoms with van der Waals surface area (Å²) in [5.74, 6) is 0.767. The van der Waals surface area contributed by atoms with Gasteiger partial charge in [-0.25, -0.2) is 0 Å². The molecule has 0 spiro atoms. The monoisotopic (exact) mass is 464 g/mol. The maximum atomic E-state index is 12.8. The van der Waals surface area contributed by atoms with Gasteiger partial charge in [0, 0.05) is 36.8 Å². The first-order chi connectivity index (χ1) is 16.4. The second kappa shape index (κ2) is 11.4. The van der Waals surface area contributed by atoms with E-state index in [9.17, 15) is 4.79 Å². The van der Waals surface area contributed by atoms with Crippen LogP contribution in [0.2, 0.25) is 0 Å². The number of fused-ring (bicyclic) bond motifs is 1. The van der Waals surface area contributed by atoms with Crippen LogP contribution in [0.5, 0.6) is 5.75 Å². The molecule has 1 aliphatic carbocycles. The molecule has 1 aliphatic heterocycles. The van der Waals surface area contributed by atoms with Crippen molar-refractivity contribution in [3.63, 3.8) is 0 Å². The van der Waals surface area contributed by atoms with E-state index in [0.29, 0.717) is 24.3 Å². The largest absolute Gasteiger partial charge is 0.491 e. The van der Waals surface area contributed by atoms with Gasteiger partial charge in [-0.2, -0.15) is 0 Å². The molecular weight excluding hydrogens is 424 g/mol. The SMILES string of the molecule is CC(C)N(Cc1ccc2c(c1)CC[C@H](NC(=O)c1ccc(OC[C@@H]3CCCO3)cc1)C2)C(C)C. The van der Waals surface area contributed by atoms with Gasteiger partial charge in [0.05, 0.1) is 6.10 Å². The lowest BCUT2D eigenvalue weighted by molar-refractivity contribution is 0.0679. The molecule has 4 rings (SSSR count). The summed E-state index contributed by atoms with van der Waals surface area (Å²) in [7, 11) is 0. The van der Waals surface area contributed by atoms with Gasteiger partial charge in [-0.3, -0.25) is 9.69 Å². The molecule has 184 valence electrons. The maximum absolute atomic E-state index is 12.8. The standard InChI is InChI=1S/C29H40N2O3/c1-20(2)31(21(3)4)18-22-7-8-25-17-26(12-9-24(25)16-22)30-29(32)23-10-13-27(14-11-23)34-19-28-6-5-15-33-28/h7-8,10-11,13-14,16,20-21,26,28H,5-6,9,12,15,17-19H2,1-4H3,(H,30,32)/t26-,28-/m0/s1. The van der Waals surface area contributed by atoms with Crippen LogP contribution in [0.3, 0.4) is 0 Å². The second-order valence-corrected chi connectivity index (χ2v) is 10.3. The van der Waals surface area contributed by atoms with Crippen molar-refractivity contribution < 1.29 is 14.3 Å². The quantitative estimate of drug-likeness (QED) is 0.558. The zero-order valence-corrected chi connectivity index (χ0v) is 21.2. The molecule has 0 bridgehead atoms. The fourth-order valence-corrected chi connectivity index (χ4v) is 5.14. The number of nitrogens with zero attached hydrogens (tertiary/aromatic N) is 1. The smallest absolute Gasteiger partial charge is 0.251 e. The fraction of sp³-hybridized carbons (Fsp3) is 0.552. The van der Waals surface area contributed by atoms with E-state index in [1.54, 1.807) is 0 Å². The molecular formula is C29H40N2O3. The van der Waals surface area contributed by atoms with Gasteiger partial charge < -0.3 is 14.8 Å². The van der Waals surface area contributed by atoms with Crippen molar-refractivity contribution in [2.45, 2.75) is 90.6 Å². The molecule has 34 heavy (non-hydrogen) atoms. The lowest BCUT2D eigenvalue weighted by Gasteiger charge is -2.31. The van der Waals surface area contributed by atoms with Crippen LogP contribution in [-0.4, -0.2) is 48.3 Å². The van der Waals surface area contributed by atoms with Gasteiger partial charge >= 0.3 is 0 Å². The molecule has 0 aromatic heterocycles. The number of rotatable bonds is 9. The predicted octanol–water partition coefficient (Wildman–Crippen LogP) is 5.15. The highest BCUT2D eigenvalue weighted by Crippen LogP contribution is 2.25. The first-order valence-electron chi connectivity index (χ1n) is 12.9. The molecule has 1 saturated heterocycles. The Bertz CT molecular complexity index is 940. The molecule has 2 atom stereocenters. The van der Waals surface area contributed by atoms with Crippen LogP contribution in [0.15, 0.2) is 42.5 Å². The maximum Gasteiger partial charge on any atom is 0.251 e. The van der Waals surface area contributed by atoms with Crippen molar-refractivity contribution in [1.82, 2.24) is 10.2 Å². The van der Waals surface area contributed by atoms with Gasteiger partial charge in [0.25, 0.3) is 5.91 Å². The normalized spacial score (nSPS) is 20.1. The molecule has 0 saturated carbocycles. The zero-order valence-electron chi connectivity index (χ0n) is 21.2. The summed E-state index contributed by atoms with van der Waals surface area (Å²) in [6.07, 6.45) is 5.23. The lowest BCUT2D eigenvalue weighted by Crippen LogP contribution is -2.39. The zero-order chi connectivity index (χ0) is 24.1. The molecule has 2 aliphatic rings. The summed E-state index contributed by atoms with van der Waals surface area (Å²) >= 11 is 0. The Balaban J connectivity index is 1.30. The minimum atomic E-state index is -0.0137. The summed E-state index contributed by atoms with van der Waals surface area (Å²) in [5, 5.41) is 3.24. The van der Waals surface area contributed by atoms with Crippen molar-refractivity contribution in [2.24, 2.45) is 0 Å². The Morgan fingerprint density at radius 1 is 1.06 bits per heavy atom. The predicted molar refractivity (Wildman–Crippen MR) is 136 cm³/mol. The molecule has 1 fully saturated rings. The van der Waals surface area contributed by atoms with Gasteiger partial charge in [-0.15, -0.1) is 0 Å². The fourth-order valence-electron chi connectivity index (χ4n) is 5.14. The van der Waals surface area contributed by atoms with E-state index in [0.717, 1.165) is 51.0 Å². The average molecular weight is 465 g/mol. The summed E-state index contributed by atoms with van der Waals surface area (Å²) in [6, 6.07) is 15.6. The van der Waals surface area contributed by atoms with Crippen molar-refractivity contribution in [2.75, 3.05) is 13.2 Å². The summed E-state index contributed by atoms with van der Waals surface area (Å²) in [4.78, 5) is 15.3. The van der Waals surface area contributed by atoms with Crippen LogP contribution in [0.1, 0.15) is 74.0 Å². The van der Waals surface area contributed by atoms with Crippen molar-refractivity contribution >= 4 is 5.91 Å². The highest BCUT2D eigenvalue weighted by molar-refractivity contribution is 5.94. The number of aryl methyl sites for hydroxylation is 1. The van der Waals surface area contributed by atoms with Gasteiger partial charge in [-0.1, -0.05) is 18.2 Å². The van der Waals surface area contributed by atoms with Crippen LogP contribution in [0.4, 0.5) is 0 Å². The number of nitrogens with one attached hydrogen (secondary N) is 1. The molecule has 2 aromatic rings. The molecule has 5 heteroatoms. The molecule has 0 unspecified atom stereocenters. The second-order valence-electron chi connectivity index (χ2n) is 10.3. The number of hydrogen-bond donors (Lipinski definition) is 1. The minimum absolute atomic E-state index is 0.0137. The molecule has 1 amide bonds. The first-order valence-corrected chi connectivity index (χ1v) is 12.9. The third-order valence-electron chi connectivity index (χ3n) is 7.10. The van der Waals surface area contributed by atoms with E-state index in [1.165, 1.54) is 16.7 Å². The Morgan fingerprint density at radius 3 is 2.50 bits per heavy atom. The Morgan fingerprint density at radius 2 is 1.82 bits per heavy atom. The van der Waals surface area contributed by atoms with E-state index < -0.39 is 0 Å². The number of amides is 1. The van der Waals surface area contributed by atoms with Gasteiger partial charge in [0.15, 0.2) is 0 Å². The Labute approximate surface area is 204 Å². The number of ether oxygens (including phenoxy) is 2. The van der Waals surface area contributed by atoms with Crippen LogP contribution in [0, 0.1) is 0 Å². The van der Waals surface area contributed by atoms with Crippen LogP contribution in [0.25, 0.3) is 0 Å². The minimum Gasteiger partial charge on any atom is -0.491 e. The molecule has 1 N–H and O–H groups in total. The van der Waals surface area contributed by atoms with Crippen molar-refractivity contribution in [1.29, 1.82) is 0 Å². The van der Waals surface area contributed by atoms with E-state index in [1.807, 2.05) is 24.3 Å². The molecule has 5 nitrogen and oxygen atoms in total. The van der Waals surface area contributed by atoms with E-state index >= 15 is 0 Å². The summed E-state index contributed by atoms with van der Waals surface area (Å²) in [6.45, 7) is 11.4. The number of hydrogen-bond acceptors (Lipinski definition) is 4.